The maximum absolute atomic E-state index is 11.8. The molecule has 2 aromatic rings. The molecular weight excluding hydrogens is 276 g/mol. The molecule has 0 atom stereocenters. The van der Waals surface area contributed by atoms with Crippen LogP contribution in [0.5, 0.6) is 0 Å². The molecule has 22 heavy (non-hydrogen) atoms. The van der Waals surface area contributed by atoms with Crippen molar-refractivity contribution in [3.8, 4) is 0 Å². The Morgan fingerprint density at radius 3 is 2.82 bits per heavy atom. The molecule has 4 nitrogen and oxygen atoms in total. The summed E-state index contributed by atoms with van der Waals surface area (Å²) >= 11 is 0. The fourth-order valence-corrected chi connectivity index (χ4v) is 1.99. The van der Waals surface area contributed by atoms with Crippen LogP contribution in [0.4, 0.5) is 5.69 Å². The lowest BCUT2D eigenvalue weighted by Gasteiger charge is -2.06. The number of hydrogen-bond donors (Lipinski definition) is 1. The second-order valence-electron chi connectivity index (χ2n) is 4.97. The summed E-state index contributed by atoms with van der Waals surface area (Å²) in [5.41, 5.74) is 4.03. The van der Waals surface area contributed by atoms with Crippen molar-refractivity contribution in [2.24, 2.45) is 5.16 Å². The van der Waals surface area contributed by atoms with Crippen LogP contribution in [-0.2, 0) is 16.1 Å². The number of nitrogens with one attached hydrogen (secondary N) is 1. The van der Waals surface area contributed by atoms with Crippen molar-refractivity contribution in [2.45, 2.75) is 20.3 Å². The highest BCUT2D eigenvalue weighted by Crippen LogP contribution is 2.11. The number of carbonyl (C=O) groups excluding carboxylic acids is 1. The Hall–Kier alpha value is -2.62. The van der Waals surface area contributed by atoms with Crippen LogP contribution in [0.2, 0.25) is 0 Å². The van der Waals surface area contributed by atoms with E-state index in [1.807, 2.05) is 55.5 Å². The fourth-order valence-electron chi connectivity index (χ4n) is 1.99. The summed E-state index contributed by atoms with van der Waals surface area (Å²) in [6, 6.07) is 15.6. The zero-order chi connectivity index (χ0) is 15.8. The van der Waals surface area contributed by atoms with Crippen LogP contribution in [0.3, 0.4) is 0 Å². The Bertz CT molecular complexity index is 666. The molecule has 0 bridgehead atoms. The van der Waals surface area contributed by atoms with Crippen molar-refractivity contribution >= 4 is 17.8 Å². The van der Waals surface area contributed by atoms with E-state index in [2.05, 4.69) is 17.4 Å². The summed E-state index contributed by atoms with van der Waals surface area (Å²) in [5, 5.41) is 6.62. The smallest absolute Gasteiger partial charge is 0.265 e. The van der Waals surface area contributed by atoms with E-state index in [-0.39, 0.29) is 12.5 Å². The number of anilines is 1. The molecule has 0 unspecified atom stereocenters. The molecule has 0 fully saturated rings. The third-order valence-electron chi connectivity index (χ3n) is 3.27. The molecule has 0 saturated heterocycles. The molecule has 0 aliphatic rings. The van der Waals surface area contributed by atoms with Crippen molar-refractivity contribution in [2.75, 3.05) is 11.9 Å². The molecule has 114 valence electrons. The average molecular weight is 296 g/mol. The molecule has 0 aliphatic carbocycles. The third-order valence-corrected chi connectivity index (χ3v) is 3.27. The first kappa shape index (κ1) is 15.8. The van der Waals surface area contributed by atoms with Crippen LogP contribution in [0.15, 0.2) is 53.7 Å². The first-order valence-electron chi connectivity index (χ1n) is 7.29. The largest absolute Gasteiger partial charge is 0.386 e. The summed E-state index contributed by atoms with van der Waals surface area (Å²) in [4.78, 5) is 16.8. The topological polar surface area (TPSA) is 50.7 Å². The van der Waals surface area contributed by atoms with Crippen LogP contribution >= 0.6 is 0 Å². The number of nitrogens with zero attached hydrogens (tertiary/aromatic N) is 1. The minimum absolute atomic E-state index is 0.112. The normalized spacial score (nSPS) is 10.6. The second kappa shape index (κ2) is 7.98. The van der Waals surface area contributed by atoms with E-state index in [1.165, 1.54) is 5.56 Å². The van der Waals surface area contributed by atoms with Gasteiger partial charge in [0.1, 0.15) is 0 Å². The summed E-state index contributed by atoms with van der Waals surface area (Å²) in [7, 11) is 0. The molecule has 0 heterocycles. The molecule has 0 saturated carbocycles. The van der Waals surface area contributed by atoms with E-state index in [0.29, 0.717) is 0 Å². The number of rotatable bonds is 6. The van der Waals surface area contributed by atoms with E-state index < -0.39 is 0 Å². The highest BCUT2D eigenvalue weighted by molar-refractivity contribution is 5.91. The lowest BCUT2D eigenvalue weighted by molar-refractivity contribution is -0.120. The van der Waals surface area contributed by atoms with Crippen molar-refractivity contribution in [3.05, 3.63) is 65.2 Å². The highest BCUT2D eigenvalue weighted by atomic mass is 16.6. The number of hydrogen-bond acceptors (Lipinski definition) is 3. The highest BCUT2D eigenvalue weighted by Gasteiger charge is 2.03. The molecule has 4 heteroatoms. The van der Waals surface area contributed by atoms with Crippen molar-refractivity contribution < 1.29 is 9.63 Å². The molecule has 0 radical (unpaired) electrons. The fraction of sp³-hybridized carbons (Fsp3) is 0.222. The summed E-state index contributed by atoms with van der Waals surface area (Å²) in [6.45, 7) is 3.96. The van der Waals surface area contributed by atoms with Gasteiger partial charge in [0.2, 0.25) is 0 Å². The maximum atomic E-state index is 11.8. The zero-order valence-electron chi connectivity index (χ0n) is 12.9. The third kappa shape index (κ3) is 4.74. The Labute approximate surface area is 130 Å². The minimum atomic E-state index is -0.227. The monoisotopic (exact) mass is 296 g/mol. The van der Waals surface area contributed by atoms with Crippen LogP contribution in [0, 0.1) is 6.92 Å². The summed E-state index contributed by atoms with van der Waals surface area (Å²) in [5.74, 6) is -0.227. The van der Waals surface area contributed by atoms with E-state index in [9.17, 15) is 4.79 Å². The number of carbonyl (C=O) groups is 1. The number of oxime groups is 1. The van der Waals surface area contributed by atoms with Gasteiger partial charge in [0.15, 0.2) is 6.61 Å². The average Bonchev–Trinajstić information content (AvgIpc) is 2.53. The molecule has 0 spiro atoms. The minimum Gasteiger partial charge on any atom is -0.386 e. The predicted molar refractivity (Wildman–Crippen MR) is 89.2 cm³/mol. The SMILES string of the molecule is CCc1cccc(NC(=O)CO/N=C/c2ccccc2C)c1. The van der Waals surface area contributed by atoms with Gasteiger partial charge >= 0.3 is 0 Å². The number of benzene rings is 2. The van der Waals surface area contributed by atoms with Crippen molar-refractivity contribution in [3.63, 3.8) is 0 Å². The maximum Gasteiger partial charge on any atom is 0.265 e. The van der Waals surface area contributed by atoms with E-state index >= 15 is 0 Å². The van der Waals surface area contributed by atoms with Crippen LogP contribution in [0.25, 0.3) is 0 Å². The second-order valence-corrected chi connectivity index (χ2v) is 4.97. The number of aryl methyl sites for hydroxylation is 2. The van der Waals surface area contributed by atoms with Gasteiger partial charge in [-0.3, -0.25) is 4.79 Å². The standard InChI is InChI=1S/C18H20N2O2/c1-3-15-8-6-10-17(11-15)20-18(21)13-22-19-12-16-9-5-4-7-14(16)2/h4-12H,3,13H2,1-2H3,(H,20,21)/b19-12+. The molecule has 2 aromatic carbocycles. The van der Waals surface area contributed by atoms with Gasteiger partial charge in [0, 0.05) is 5.69 Å². The van der Waals surface area contributed by atoms with Gasteiger partial charge in [-0.25, -0.2) is 0 Å². The Morgan fingerprint density at radius 1 is 1.23 bits per heavy atom. The molecule has 0 aliphatic heterocycles. The summed E-state index contributed by atoms with van der Waals surface area (Å²) < 4.78 is 0. The molecule has 2 rings (SSSR count). The van der Waals surface area contributed by atoms with Crippen LogP contribution < -0.4 is 5.32 Å². The Morgan fingerprint density at radius 2 is 2.05 bits per heavy atom. The van der Waals surface area contributed by atoms with Gasteiger partial charge in [-0.05, 0) is 42.2 Å². The van der Waals surface area contributed by atoms with Crippen molar-refractivity contribution in [1.82, 2.24) is 0 Å². The van der Waals surface area contributed by atoms with Gasteiger partial charge in [-0.2, -0.15) is 0 Å². The Kier molecular flexibility index (Phi) is 5.72. The molecule has 1 N–H and O–H groups in total. The van der Waals surface area contributed by atoms with E-state index in [1.54, 1.807) is 6.21 Å². The molecule has 0 aromatic heterocycles. The van der Waals surface area contributed by atoms with Crippen molar-refractivity contribution in [1.29, 1.82) is 0 Å². The Balaban J connectivity index is 1.81. The molecule has 1 amide bonds. The van der Waals surface area contributed by atoms with E-state index in [4.69, 9.17) is 4.84 Å². The lowest BCUT2D eigenvalue weighted by Crippen LogP contribution is -2.17. The lowest BCUT2D eigenvalue weighted by atomic mass is 10.1. The number of amides is 1. The van der Waals surface area contributed by atoms with Crippen LogP contribution in [-0.4, -0.2) is 18.7 Å². The van der Waals surface area contributed by atoms with Gasteiger partial charge < -0.3 is 10.2 Å². The zero-order valence-corrected chi connectivity index (χ0v) is 12.9. The van der Waals surface area contributed by atoms with E-state index in [0.717, 1.165) is 23.2 Å². The van der Waals surface area contributed by atoms with Gasteiger partial charge in [0.25, 0.3) is 5.91 Å². The van der Waals surface area contributed by atoms with Gasteiger partial charge in [-0.1, -0.05) is 48.5 Å². The quantitative estimate of drug-likeness (QED) is 0.654. The first-order valence-corrected chi connectivity index (χ1v) is 7.29. The molecular formula is C18H20N2O2. The first-order chi connectivity index (χ1) is 10.7. The summed E-state index contributed by atoms with van der Waals surface area (Å²) in [6.07, 6.45) is 2.54. The van der Waals surface area contributed by atoms with Gasteiger partial charge in [0.05, 0.1) is 6.21 Å². The van der Waals surface area contributed by atoms with Gasteiger partial charge in [-0.15, -0.1) is 0 Å². The van der Waals surface area contributed by atoms with Crippen LogP contribution in [0.1, 0.15) is 23.6 Å². The predicted octanol–water partition coefficient (Wildman–Crippen LogP) is 3.55.